The molecule has 0 aliphatic carbocycles. The van der Waals surface area contributed by atoms with Gasteiger partial charge in [0, 0.05) is 16.0 Å². The van der Waals surface area contributed by atoms with E-state index in [4.69, 9.17) is 23.2 Å². The van der Waals surface area contributed by atoms with E-state index in [2.05, 4.69) is 0 Å². The van der Waals surface area contributed by atoms with E-state index >= 15 is 0 Å². The lowest BCUT2D eigenvalue weighted by molar-refractivity contribution is -0.129. The zero-order chi connectivity index (χ0) is 14.1. The van der Waals surface area contributed by atoms with Gasteiger partial charge in [-0.1, -0.05) is 44.0 Å². The Hall–Kier alpha value is -0.930. The summed E-state index contributed by atoms with van der Waals surface area (Å²) in [4.78, 5) is 23.5. The monoisotopic (exact) mass is 290 g/mol. The first-order chi connectivity index (χ1) is 8.14. The number of alkyl halides is 1. The smallest absolute Gasteiger partial charge is 0.221 e. The summed E-state index contributed by atoms with van der Waals surface area (Å²) in [7, 11) is 0. The Morgan fingerprint density at radius 2 is 1.78 bits per heavy atom. The van der Waals surface area contributed by atoms with Crippen LogP contribution in [0.1, 0.15) is 31.1 Å². The summed E-state index contributed by atoms with van der Waals surface area (Å²) < 4.78 is 13.9. The molecule has 0 spiro atoms. The minimum absolute atomic E-state index is 0.0360. The quantitative estimate of drug-likeness (QED) is 0.620. The largest absolute Gasteiger partial charge is 0.295 e. The van der Waals surface area contributed by atoms with Crippen molar-refractivity contribution in [1.82, 2.24) is 0 Å². The Kier molecular flexibility index (Phi) is 4.51. The first-order valence-corrected chi connectivity index (χ1v) is 6.08. The molecule has 1 rings (SSSR count). The lowest BCUT2D eigenvalue weighted by atomic mass is 9.86. The Bertz CT molecular complexity index is 492. The van der Waals surface area contributed by atoms with E-state index in [0.717, 1.165) is 0 Å². The van der Waals surface area contributed by atoms with Gasteiger partial charge in [-0.3, -0.25) is 9.59 Å². The Morgan fingerprint density at radius 3 is 2.22 bits per heavy atom. The van der Waals surface area contributed by atoms with E-state index < -0.39 is 23.2 Å². The van der Waals surface area contributed by atoms with Gasteiger partial charge in [0.15, 0.2) is 5.78 Å². The lowest BCUT2D eigenvalue weighted by Crippen LogP contribution is -2.35. The highest BCUT2D eigenvalue weighted by Crippen LogP contribution is 2.25. The van der Waals surface area contributed by atoms with Crippen molar-refractivity contribution in [2.75, 3.05) is 0 Å². The Morgan fingerprint density at radius 1 is 1.22 bits per heavy atom. The fourth-order valence-electron chi connectivity index (χ4n) is 1.33. The summed E-state index contributed by atoms with van der Waals surface area (Å²) in [5.41, 5.74) is -0.959. The summed E-state index contributed by atoms with van der Waals surface area (Å²) in [5.74, 6) is -1.70. The molecule has 5 heteroatoms. The van der Waals surface area contributed by atoms with Crippen LogP contribution >= 0.6 is 23.2 Å². The average molecular weight is 291 g/mol. The van der Waals surface area contributed by atoms with Crippen molar-refractivity contribution in [2.24, 2.45) is 5.41 Å². The van der Waals surface area contributed by atoms with Crippen molar-refractivity contribution in [2.45, 2.75) is 26.9 Å². The van der Waals surface area contributed by atoms with Crippen LogP contribution in [0.4, 0.5) is 4.39 Å². The van der Waals surface area contributed by atoms with Gasteiger partial charge in [0.2, 0.25) is 12.0 Å². The van der Waals surface area contributed by atoms with Gasteiger partial charge in [-0.15, -0.1) is 0 Å². The average Bonchev–Trinajstić information content (AvgIpc) is 2.25. The number of halogens is 3. The highest BCUT2D eigenvalue weighted by atomic mass is 35.5. The third-order valence-corrected chi connectivity index (χ3v) is 2.94. The molecule has 0 aliphatic rings. The standard InChI is InChI=1S/C13H13Cl2FO2/c1-13(2,3)12(18)10(16)11(17)8-5-4-7(14)6-9(8)15/h4-6,10H,1-3H3. The number of benzene rings is 1. The molecule has 0 bridgehead atoms. The molecule has 0 radical (unpaired) electrons. The second kappa shape index (κ2) is 5.37. The number of carbonyl (C=O) groups is 2. The summed E-state index contributed by atoms with van der Waals surface area (Å²) in [6.45, 7) is 4.66. The van der Waals surface area contributed by atoms with E-state index in [9.17, 15) is 14.0 Å². The number of hydrogen-bond donors (Lipinski definition) is 0. The van der Waals surface area contributed by atoms with Crippen molar-refractivity contribution in [3.63, 3.8) is 0 Å². The topological polar surface area (TPSA) is 34.1 Å². The normalized spacial score (nSPS) is 13.2. The van der Waals surface area contributed by atoms with E-state index in [1.807, 2.05) is 0 Å². The molecule has 1 atom stereocenters. The molecule has 0 heterocycles. The van der Waals surface area contributed by atoms with Crippen molar-refractivity contribution in [1.29, 1.82) is 0 Å². The number of ketones is 2. The highest BCUT2D eigenvalue weighted by Gasteiger charge is 2.35. The number of carbonyl (C=O) groups excluding carboxylic acids is 2. The molecule has 0 saturated carbocycles. The van der Waals surface area contributed by atoms with Gasteiger partial charge in [0.1, 0.15) is 0 Å². The fraction of sp³-hybridized carbons (Fsp3) is 0.385. The predicted molar refractivity (Wildman–Crippen MR) is 70.2 cm³/mol. The van der Waals surface area contributed by atoms with Gasteiger partial charge < -0.3 is 0 Å². The van der Waals surface area contributed by atoms with E-state index in [0.29, 0.717) is 5.02 Å². The van der Waals surface area contributed by atoms with Crippen LogP contribution in [0.15, 0.2) is 18.2 Å². The zero-order valence-corrected chi connectivity index (χ0v) is 11.8. The summed E-state index contributed by atoms with van der Waals surface area (Å²) >= 11 is 11.5. The maximum Gasteiger partial charge on any atom is 0.221 e. The SMILES string of the molecule is CC(C)(C)C(=O)C(F)C(=O)c1ccc(Cl)cc1Cl. The van der Waals surface area contributed by atoms with E-state index in [1.54, 1.807) is 20.8 Å². The zero-order valence-electron chi connectivity index (χ0n) is 10.3. The Labute approximate surface area is 115 Å². The molecule has 0 amide bonds. The van der Waals surface area contributed by atoms with Crippen molar-refractivity contribution < 1.29 is 14.0 Å². The maximum atomic E-state index is 13.9. The molecule has 0 aromatic heterocycles. The number of hydrogen-bond acceptors (Lipinski definition) is 2. The van der Waals surface area contributed by atoms with Gasteiger partial charge in [0.05, 0.1) is 5.02 Å². The second-order valence-corrected chi connectivity index (χ2v) is 5.81. The number of Topliss-reactive ketones (excluding diaryl/α,β-unsaturated/α-hetero) is 2. The van der Waals surface area contributed by atoms with Gasteiger partial charge in [0.25, 0.3) is 0 Å². The lowest BCUT2D eigenvalue weighted by Gasteiger charge is -2.19. The summed E-state index contributed by atoms with van der Waals surface area (Å²) in [6, 6.07) is 4.08. The molecule has 1 unspecified atom stereocenters. The van der Waals surface area contributed by atoms with Gasteiger partial charge in [-0.05, 0) is 18.2 Å². The van der Waals surface area contributed by atoms with Crippen LogP contribution in [0.2, 0.25) is 10.0 Å². The maximum absolute atomic E-state index is 13.9. The van der Waals surface area contributed by atoms with Crippen molar-refractivity contribution in [3.05, 3.63) is 33.8 Å². The molecule has 0 aliphatic heterocycles. The first kappa shape index (κ1) is 15.1. The predicted octanol–water partition coefficient (Wildman–Crippen LogP) is 4.13. The van der Waals surface area contributed by atoms with E-state index in [1.165, 1.54) is 18.2 Å². The van der Waals surface area contributed by atoms with Crippen LogP contribution in [-0.2, 0) is 4.79 Å². The molecule has 98 valence electrons. The van der Waals surface area contributed by atoms with Gasteiger partial charge >= 0.3 is 0 Å². The van der Waals surface area contributed by atoms with Crippen LogP contribution in [0.3, 0.4) is 0 Å². The minimum Gasteiger partial charge on any atom is -0.295 e. The Balaban J connectivity index is 3.04. The molecule has 1 aromatic carbocycles. The molecule has 18 heavy (non-hydrogen) atoms. The molecule has 2 nitrogen and oxygen atoms in total. The van der Waals surface area contributed by atoms with E-state index in [-0.39, 0.29) is 10.6 Å². The van der Waals surface area contributed by atoms with Crippen LogP contribution < -0.4 is 0 Å². The van der Waals surface area contributed by atoms with Crippen molar-refractivity contribution in [3.8, 4) is 0 Å². The molecular formula is C13H13Cl2FO2. The first-order valence-electron chi connectivity index (χ1n) is 5.32. The highest BCUT2D eigenvalue weighted by molar-refractivity contribution is 6.37. The molecule has 0 N–H and O–H groups in total. The van der Waals surface area contributed by atoms with Gasteiger partial charge in [-0.2, -0.15) is 0 Å². The molecular weight excluding hydrogens is 278 g/mol. The minimum atomic E-state index is -2.20. The third kappa shape index (κ3) is 3.30. The third-order valence-electron chi connectivity index (χ3n) is 2.40. The van der Waals surface area contributed by atoms with Crippen LogP contribution in [0.25, 0.3) is 0 Å². The summed E-state index contributed by atoms with van der Waals surface area (Å²) in [5, 5.41) is 0.381. The summed E-state index contributed by atoms with van der Waals surface area (Å²) in [6.07, 6.45) is -2.20. The van der Waals surface area contributed by atoms with Crippen LogP contribution in [0, 0.1) is 5.41 Å². The van der Waals surface area contributed by atoms with Gasteiger partial charge in [-0.25, -0.2) is 4.39 Å². The number of rotatable bonds is 3. The molecule has 0 fully saturated rings. The molecule has 0 saturated heterocycles. The van der Waals surface area contributed by atoms with Crippen LogP contribution in [-0.4, -0.2) is 17.7 Å². The molecule has 1 aromatic rings. The van der Waals surface area contributed by atoms with Crippen molar-refractivity contribution >= 4 is 34.8 Å². The fourth-order valence-corrected chi connectivity index (χ4v) is 1.83. The van der Waals surface area contributed by atoms with Crippen LogP contribution in [0.5, 0.6) is 0 Å². The second-order valence-electron chi connectivity index (χ2n) is 4.97.